The molecule has 2 atom stereocenters. The Balaban J connectivity index is 1.42. The molecule has 2 saturated heterocycles. The summed E-state index contributed by atoms with van der Waals surface area (Å²) < 4.78 is 5.77. The van der Waals surface area contributed by atoms with Crippen LogP contribution in [0.4, 0.5) is 0 Å². The first-order valence-electron chi connectivity index (χ1n) is 9.96. The van der Waals surface area contributed by atoms with Crippen LogP contribution in [-0.4, -0.2) is 66.7 Å². The first-order chi connectivity index (χ1) is 11.6. The molecule has 0 aromatic heterocycles. The van der Waals surface area contributed by atoms with Gasteiger partial charge in [0.25, 0.3) is 5.91 Å². The fraction of sp³-hybridized carbons (Fsp3) is 0.947. The SMILES string of the molecule is CC(C)C1CCC(N2CCN(C(=O)[C@@H]3CC[C@H](CN)O3)CC2)CC1. The molecule has 0 spiro atoms. The van der Waals surface area contributed by atoms with E-state index in [-0.39, 0.29) is 18.1 Å². The Kier molecular flexibility index (Phi) is 6.17. The molecular weight excluding hydrogens is 302 g/mol. The van der Waals surface area contributed by atoms with Gasteiger partial charge in [-0.2, -0.15) is 0 Å². The fourth-order valence-electron chi connectivity index (χ4n) is 4.71. The number of rotatable bonds is 4. The molecule has 0 radical (unpaired) electrons. The van der Waals surface area contributed by atoms with Gasteiger partial charge < -0.3 is 15.4 Å². The van der Waals surface area contributed by atoms with Gasteiger partial charge in [0.2, 0.25) is 0 Å². The number of carbonyl (C=O) groups is 1. The van der Waals surface area contributed by atoms with Gasteiger partial charge in [-0.15, -0.1) is 0 Å². The molecule has 5 heteroatoms. The minimum absolute atomic E-state index is 0.0800. The van der Waals surface area contributed by atoms with Gasteiger partial charge in [0.15, 0.2) is 0 Å². The van der Waals surface area contributed by atoms with Crippen LogP contribution in [0.25, 0.3) is 0 Å². The van der Waals surface area contributed by atoms with Crippen molar-refractivity contribution in [3.63, 3.8) is 0 Å². The van der Waals surface area contributed by atoms with E-state index in [2.05, 4.69) is 18.7 Å². The molecule has 1 aliphatic carbocycles. The highest BCUT2D eigenvalue weighted by Gasteiger charge is 2.35. The molecule has 2 N–H and O–H groups in total. The van der Waals surface area contributed by atoms with Crippen molar-refractivity contribution in [3.05, 3.63) is 0 Å². The molecule has 2 aliphatic heterocycles. The number of piperazine rings is 1. The van der Waals surface area contributed by atoms with Gasteiger partial charge >= 0.3 is 0 Å². The summed E-state index contributed by atoms with van der Waals surface area (Å²) in [6.45, 7) is 9.00. The van der Waals surface area contributed by atoms with Crippen molar-refractivity contribution in [2.24, 2.45) is 17.6 Å². The molecule has 3 aliphatic rings. The topological polar surface area (TPSA) is 58.8 Å². The standard InChI is InChI=1S/C19H35N3O2/c1-14(2)15-3-5-16(6-4-15)21-9-11-22(12-10-21)19(23)18-8-7-17(13-20)24-18/h14-18H,3-13,20H2,1-2H3/t15?,16?,17-,18+/m1/s1. The van der Waals surface area contributed by atoms with Crippen molar-refractivity contribution >= 4 is 5.91 Å². The van der Waals surface area contributed by atoms with Gasteiger partial charge in [-0.05, 0) is 50.4 Å². The lowest BCUT2D eigenvalue weighted by Gasteiger charge is -2.43. The molecule has 0 unspecified atom stereocenters. The van der Waals surface area contributed by atoms with Crippen molar-refractivity contribution in [3.8, 4) is 0 Å². The summed E-state index contributed by atoms with van der Waals surface area (Å²) in [5, 5.41) is 0. The molecule has 138 valence electrons. The van der Waals surface area contributed by atoms with E-state index >= 15 is 0 Å². The summed E-state index contributed by atoms with van der Waals surface area (Å²) in [6, 6.07) is 0.738. The van der Waals surface area contributed by atoms with E-state index in [0.717, 1.165) is 56.9 Å². The number of hydrogen-bond donors (Lipinski definition) is 1. The minimum Gasteiger partial charge on any atom is -0.364 e. The highest BCUT2D eigenvalue weighted by molar-refractivity contribution is 5.81. The smallest absolute Gasteiger partial charge is 0.251 e. The third-order valence-electron chi connectivity index (χ3n) is 6.47. The molecule has 2 heterocycles. The molecule has 0 aromatic carbocycles. The predicted molar refractivity (Wildman–Crippen MR) is 95.7 cm³/mol. The van der Waals surface area contributed by atoms with E-state index in [1.807, 2.05) is 4.90 Å². The van der Waals surface area contributed by atoms with Gasteiger partial charge in [-0.3, -0.25) is 9.69 Å². The first kappa shape index (κ1) is 18.2. The Morgan fingerprint density at radius 1 is 1.04 bits per heavy atom. The number of amides is 1. The first-order valence-corrected chi connectivity index (χ1v) is 9.96. The largest absolute Gasteiger partial charge is 0.364 e. The predicted octanol–water partition coefficient (Wildman–Crippen LogP) is 1.85. The van der Waals surface area contributed by atoms with Gasteiger partial charge in [0, 0.05) is 38.8 Å². The van der Waals surface area contributed by atoms with Gasteiger partial charge in [0.05, 0.1) is 6.10 Å². The number of nitrogens with two attached hydrogens (primary N) is 1. The number of carbonyl (C=O) groups excluding carboxylic acids is 1. The summed E-state index contributed by atoms with van der Waals surface area (Å²) in [6.07, 6.45) is 7.01. The average Bonchev–Trinajstić information content (AvgIpc) is 3.10. The third kappa shape index (κ3) is 4.12. The van der Waals surface area contributed by atoms with Crippen molar-refractivity contribution in [1.29, 1.82) is 0 Å². The second kappa shape index (κ2) is 8.15. The highest BCUT2D eigenvalue weighted by atomic mass is 16.5. The lowest BCUT2D eigenvalue weighted by Crippen LogP contribution is -2.54. The summed E-state index contributed by atoms with van der Waals surface area (Å²) >= 11 is 0. The van der Waals surface area contributed by atoms with E-state index in [4.69, 9.17) is 10.5 Å². The van der Waals surface area contributed by atoms with Crippen LogP contribution in [0.2, 0.25) is 0 Å². The van der Waals surface area contributed by atoms with Gasteiger partial charge in [-0.1, -0.05) is 13.8 Å². The van der Waals surface area contributed by atoms with E-state index < -0.39 is 0 Å². The second-order valence-electron chi connectivity index (χ2n) is 8.23. The van der Waals surface area contributed by atoms with Crippen LogP contribution in [0.15, 0.2) is 0 Å². The molecular formula is C19H35N3O2. The zero-order valence-electron chi connectivity index (χ0n) is 15.5. The molecule has 0 aromatic rings. The molecule has 0 bridgehead atoms. The molecule has 1 amide bonds. The van der Waals surface area contributed by atoms with Crippen LogP contribution in [-0.2, 0) is 9.53 Å². The van der Waals surface area contributed by atoms with E-state index in [0.29, 0.717) is 6.54 Å². The average molecular weight is 338 g/mol. The fourth-order valence-corrected chi connectivity index (χ4v) is 4.71. The van der Waals surface area contributed by atoms with Crippen molar-refractivity contribution < 1.29 is 9.53 Å². The Morgan fingerprint density at radius 2 is 1.71 bits per heavy atom. The van der Waals surface area contributed by atoms with E-state index in [1.165, 1.54) is 25.7 Å². The zero-order valence-corrected chi connectivity index (χ0v) is 15.5. The summed E-state index contributed by atoms with van der Waals surface area (Å²) in [5.41, 5.74) is 5.65. The Bertz CT molecular complexity index is 413. The number of ether oxygens (including phenoxy) is 1. The molecule has 24 heavy (non-hydrogen) atoms. The Morgan fingerprint density at radius 3 is 2.25 bits per heavy atom. The van der Waals surface area contributed by atoms with Crippen LogP contribution in [0.1, 0.15) is 52.4 Å². The van der Waals surface area contributed by atoms with Crippen molar-refractivity contribution in [2.75, 3.05) is 32.7 Å². The van der Waals surface area contributed by atoms with Crippen LogP contribution in [0.3, 0.4) is 0 Å². The quantitative estimate of drug-likeness (QED) is 0.850. The summed E-state index contributed by atoms with van der Waals surface area (Å²) in [4.78, 5) is 17.2. The number of nitrogens with zero attached hydrogens (tertiary/aromatic N) is 2. The minimum atomic E-state index is -0.244. The Labute approximate surface area is 146 Å². The van der Waals surface area contributed by atoms with Crippen LogP contribution < -0.4 is 5.73 Å². The summed E-state index contributed by atoms with van der Waals surface area (Å²) in [5.74, 6) is 1.93. The molecule has 3 fully saturated rings. The van der Waals surface area contributed by atoms with E-state index in [9.17, 15) is 4.79 Å². The van der Waals surface area contributed by atoms with E-state index in [1.54, 1.807) is 0 Å². The zero-order chi connectivity index (χ0) is 17.1. The highest BCUT2D eigenvalue weighted by Crippen LogP contribution is 2.32. The van der Waals surface area contributed by atoms with Crippen LogP contribution in [0, 0.1) is 11.8 Å². The normalized spacial score (nSPS) is 35.6. The lowest BCUT2D eigenvalue weighted by molar-refractivity contribution is -0.145. The van der Waals surface area contributed by atoms with Gasteiger partial charge in [-0.25, -0.2) is 0 Å². The third-order valence-corrected chi connectivity index (χ3v) is 6.47. The Hall–Kier alpha value is -0.650. The molecule has 1 saturated carbocycles. The second-order valence-corrected chi connectivity index (χ2v) is 8.23. The van der Waals surface area contributed by atoms with Crippen LogP contribution >= 0.6 is 0 Å². The summed E-state index contributed by atoms with van der Waals surface area (Å²) in [7, 11) is 0. The molecule has 3 rings (SSSR count). The maximum absolute atomic E-state index is 12.6. The van der Waals surface area contributed by atoms with Gasteiger partial charge in [0.1, 0.15) is 6.10 Å². The monoisotopic (exact) mass is 337 g/mol. The maximum atomic E-state index is 12.6. The van der Waals surface area contributed by atoms with Crippen molar-refractivity contribution in [1.82, 2.24) is 9.80 Å². The maximum Gasteiger partial charge on any atom is 0.251 e. The number of hydrogen-bond acceptors (Lipinski definition) is 4. The molecule has 5 nitrogen and oxygen atoms in total. The van der Waals surface area contributed by atoms with Crippen LogP contribution in [0.5, 0.6) is 0 Å². The van der Waals surface area contributed by atoms with Crippen molar-refractivity contribution in [2.45, 2.75) is 70.6 Å². The lowest BCUT2D eigenvalue weighted by atomic mass is 9.79.